The Balaban J connectivity index is 2.06. The number of rotatable bonds is 3. The Morgan fingerprint density at radius 3 is 3.07 bits per heavy atom. The molecule has 1 fully saturated rings. The molecule has 0 bridgehead atoms. The Morgan fingerprint density at radius 1 is 1.67 bits per heavy atom. The third kappa shape index (κ3) is 2.09. The zero-order valence-electron chi connectivity index (χ0n) is 9.14. The monoisotopic (exact) mass is 224 g/mol. The fourth-order valence-corrected chi connectivity index (χ4v) is 3.46. The first-order valence-corrected chi connectivity index (χ1v) is 6.32. The summed E-state index contributed by atoms with van der Waals surface area (Å²) in [5.41, 5.74) is 1.23. The predicted octanol–water partition coefficient (Wildman–Crippen LogP) is 1.88. The average molecular weight is 224 g/mol. The number of hydrogen-bond donors (Lipinski definition) is 0. The first kappa shape index (κ1) is 10.7. The van der Waals surface area contributed by atoms with Gasteiger partial charge in [-0.05, 0) is 18.8 Å². The van der Waals surface area contributed by atoms with Crippen LogP contribution in [0.2, 0.25) is 0 Å². The lowest BCUT2D eigenvalue weighted by Gasteiger charge is -2.15. The molecule has 3 nitrogen and oxygen atoms in total. The summed E-state index contributed by atoms with van der Waals surface area (Å²) in [5, 5.41) is 0.379. The van der Waals surface area contributed by atoms with Gasteiger partial charge in [-0.3, -0.25) is 4.79 Å². The van der Waals surface area contributed by atoms with Crippen LogP contribution in [-0.2, 0) is 18.3 Å². The van der Waals surface area contributed by atoms with Crippen LogP contribution in [0.3, 0.4) is 0 Å². The Labute approximate surface area is 94.3 Å². The van der Waals surface area contributed by atoms with E-state index in [1.54, 1.807) is 0 Å². The van der Waals surface area contributed by atoms with Gasteiger partial charge in [0, 0.05) is 30.6 Å². The van der Waals surface area contributed by atoms with Crippen molar-refractivity contribution in [2.24, 2.45) is 18.9 Å². The van der Waals surface area contributed by atoms with Gasteiger partial charge in [0.25, 0.3) is 0 Å². The summed E-state index contributed by atoms with van der Waals surface area (Å²) in [6.07, 6.45) is 5.67. The van der Waals surface area contributed by atoms with Gasteiger partial charge in [-0.2, -0.15) is 0 Å². The summed E-state index contributed by atoms with van der Waals surface area (Å²) in [4.78, 5) is 15.7. The van der Waals surface area contributed by atoms with Crippen LogP contribution in [-0.4, -0.2) is 20.4 Å². The van der Waals surface area contributed by atoms with E-state index >= 15 is 0 Å². The van der Waals surface area contributed by atoms with E-state index in [2.05, 4.69) is 11.9 Å². The van der Waals surface area contributed by atoms with Gasteiger partial charge >= 0.3 is 0 Å². The molecule has 0 saturated carbocycles. The minimum Gasteiger partial charge on any atom is -0.338 e. The highest BCUT2D eigenvalue weighted by atomic mass is 32.2. The van der Waals surface area contributed by atoms with E-state index in [4.69, 9.17) is 0 Å². The largest absolute Gasteiger partial charge is 0.338 e. The van der Waals surface area contributed by atoms with Crippen molar-refractivity contribution in [2.45, 2.75) is 19.8 Å². The van der Waals surface area contributed by atoms with Gasteiger partial charge in [0.2, 0.25) is 0 Å². The molecule has 1 aromatic heterocycles. The van der Waals surface area contributed by atoms with Crippen molar-refractivity contribution in [1.29, 1.82) is 0 Å². The number of aromatic nitrogens is 2. The highest BCUT2D eigenvalue weighted by Gasteiger charge is 2.34. The molecule has 2 heterocycles. The van der Waals surface area contributed by atoms with Gasteiger partial charge in [-0.15, -0.1) is 0 Å². The number of nitrogens with zero attached hydrogens (tertiary/aromatic N) is 2. The highest BCUT2D eigenvalue weighted by molar-refractivity contribution is 8.14. The summed E-state index contributed by atoms with van der Waals surface area (Å²) in [6.45, 7) is 2.10. The van der Waals surface area contributed by atoms with E-state index in [-0.39, 0.29) is 5.92 Å². The predicted molar refractivity (Wildman–Crippen MR) is 61.6 cm³/mol. The smallest absolute Gasteiger partial charge is 0.192 e. The van der Waals surface area contributed by atoms with Crippen molar-refractivity contribution in [3.8, 4) is 0 Å². The molecule has 2 atom stereocenters. The molecular weight excluding hydrogens is 208 g/mol. The standard InChI is InChI=1S/C11H16N2OS/c1-3-10-8(6-15-11(10)14)4-9-5-12-7-13(9)2/h5,7-8,10H,3-4,6H2,1-2H3/t8-,10-/m0/s1. The van der Waals surface area contributed by atoms with E-state index < -0.39 is 0 Å². The zero-order valence-corrected chi connectivity index (χ0v) is 9.96. The van der Waals surface area contributed by atoms with Crippen molar-refractivity contribution in [2.75, 3.05) is 5.75 Å². The number of carbonyl (C=O) groups is 1. The number of aryl methyl sites for hydroxylation is 1. The first-order valence-electron chi connectivity index (χ1n) is 5.34. The molecule has 0 aliphatic carbocycles. The molecule has 4 heteroatoms. The summed E-state index contributed by atoms with van der Waals surface area (Å²) in [6, 6.07) is 0. The molecule has 0 amide bonds. The van der Waals surface area contributed by atoms with Crippen LogP contribution in [0.1, 0.15) is 19.0 Å². The van der Waals surface area contributed by atoms with Gasteiger partial charge in [0.05, 0.1) is 6.33 Å². The van der Waals surface area contributed by atoms with E-state index in [9.17, 15) is 4.79 Å². The molecule has 82 valence electrons. The third-order valence-corrected chi connectivity index (χ3v) is 4.32. The number of imidazole rings is 1. The van der Waals surface area contributed by atoms with Gasteiger partial charge in [0.1, 0.15) is 0 Å². The maximum Gasteiger partial charge on any atom is 0.192 e. The Kier molecular flexibility index (Phi) is 3.14. The molecule has 1 aliphatic heterocycles. The molecule has 15 heavy (non-hydrogen) atoms. The van der Waals surface area contributed by atoms with Crippen molar-refractivity contribution in [3.63, 3.8) is 0 Å². The number of carbonyl (C=O) groups excluding carboxylic acids is 1. The van der Waals surface area contributed by atoms with Crippen LogP contribution in [0.15, 0.2) is 12.5 Å². The average Bonchev–Trinajstić information content (AvgIpc) is 2.76. The second-order valence-corrected chi connectivity index (χ2v) is 5.13. The molecule has 1 aromatic rings. The van der Waals surface area contributed by atoms with E-state index in [1.807, 2.05) is 24.1 Å². The first-order chi connectivity index (χ1) is 7.22. The summed E-state index contributed by atoms with van der Waals surface area (Å²) in [7, 11) is 2.01. The Bertz CT molecular complexity index is 361. The second-order valence-electron chi connectivity index (χ2n) is 4.10. The Morgan fingerprint density at radius 2 is 2.47 bits per heavy atom. The molecule has 0 spiro atoms. The van der Waals surface area contributed by atoms with Crippen LogP contribution in [0, 0.1) is 11.8 Å². The molecule has 0 N–H and O–H groups in total. The minimum absolute atomic E-state index is 0.255. The maximum absolute atomic E-state index is 11.6. The van der Waals surface area contributed by atoms with Crippen molar-refractivity contribution in [1.82, 2.24) is 9.55 Å². The van der Waals surface area contributed by atoms with E-state index in [0.29, 0.717) is 11.0 Å². The van der Waals surface area contributed by atoms with Crippen LogP contribution in [0.25, 0.3) is 0 Å². The maximum atomic E-state index is 11.6. The quantitative estimate of drug-likeness (QED) is 0.786. The van der Waals surface area contributed by atoms with E-state index in [0.717, 1.165) is 18.6 Å². The molecule has 1 aliphatic rings. The summed E-state index contributed by atoms with van der Waals surface area (Å²) < 4.78 is 2.04. The number of hydrogen-bond acceptors (Lipinski definition) is 3. The third-order valence-electron chi connectivity index (χ3n) is 3.14. The zero-order chi connectivity index (χ0) is 10.8. The van der Waals surface area contributed by atoms with Crippen molar-refractivity contribution >= 4 is 16.9 Å². The van der Waals surface area contributed by atoms with Crippen LogP contribution in [0.5, 0.6) is 0 Å². The normalized spacial score (nSPS) is 26.1. The van der Waals surface area contributed by atoms with Gasteiger partial charge in [-0.25, -0.2) is 4.98 Å². The van der Waals surface area contributed by atoms with Crippen molar-refractivity contribution in [3.05, 3.63) is 18.2 Å². The Hall–Kier alpha value is -0.770. The van der Waals surface area contributed by atoms with Gasteiger partial charge in [-0.1, -0.05) is 18.7 Å². The molecule has 0 unspecified atom stereocenters. The van der Waals surface area contributed by atoms with Gasteiger partial charge in [0.15, 0.2) is 5.12 Å². The lowest BCUT2D eigenvalue weighted by molar-refractivity contribution is -0.114. The molecule has 0 radical (unpaired) electrons. The number of thioether (sulfide) groups is 1. The molecule has 0 aromatic carbocycles. The molecule has 2 rings (SSSR count). The SMILES string of the molecule is CC[C@@H]1C(=O)SC[C@@H]1Cc1cncn1C. The molecular formula is C11H16N2OS. The lowest BCUT2D eigenvalue weighted by Crippen LogP contribution is -2.18. The molecule has 1 saturated heterocycles. The van der Waals surface area contributed by atoms with Crippen molar-refractivity contribution < 1.29 is 4.79 Å². The lowest BCUT2D eigenvalue weighted by atomic mass is 9.89. The van der Waals surface area contributed by atoms with Gasteiger partial charge < -0.3 is 4.57 Å². The summed E-state index contributed by atoms with van der Waals surface area (Å²) >= 11 is 1.50. The topological polar surface area (TPSA) is 34.9 Å². The van der Waals surface area contributed by atoms with E-state index in [1.165, 1.54) is 17.5 Å². The van der Waals surface area contributed by atoms with Crippen LogP contribution in [0.4, 0.5) is 0 Å². The van der Waals surface area contributed by atoms with Crippen LogP contribution < -0.4 is 0 Å². The highest BCUT2D eigenvalue weighted by Crippen LogP contribution is 2.35. The summed E-state index contributed by atoms with van der Waals surface area (Å²) in [5.74, 6) is 1.73. The minimum atomic E-state index is 0.255. The fourth-order valence-electron chi connectivity index (χ4n) is 2.16. The fraction of sp³-hybridized carbons (Fsp3) is 0.636. The second kappa shape index (κ2) is 4.39. The van der Waals surface area contributed by atoms with Crippen LogP contribution >= 0.6 is 11.8 Å².